The molecule has 0 bridgehead atoms. The molecule has 2 heterocycles. The van der Waals surface area contributed by atoms with Crippen molar-refractivity contribution < 1.29 is 14.3 Å². The van der Waals surface area contributed by atoms with E-state index in [4.69, 9.17) is 9.47 Å². The molecule has 1 fully saturated rings. The monoisotopic (exact) mass is 432 g/mol. The summed E-state index contributed by atoms with van der Waals surface area (Å²) in [6, 6.07) is 17.1. The summed E-state index contributed by atoms with van der Waals surface area (Å²) in [7, 11) is 1.58. The van der Waals surface area contributed by atoms with E-state index >= 15 is 0 Å². The maximum atomic E-state index is 12.3. The Kier molecular flexibility index (Phi) is 6.84. The van der Waals surface area contributed by atoms with Crippen molar-refractivity contribution in [2.45, 2.75) is 26.2 Å². The number of benzene rings is 2. The first-order valence-electron chi connectivity index (χ1n) is 10.9. The minimum atomic E-state index is -0.244. The second-order valence-electron chi connectivity index (χ2n) is 7.89. The van der Waals surface area contributed by atoms with Gasteiger partial charge in [-0.05, 0) is 68.1 Å². The highest BCUT2D eigenvalue weighted by molar-refractivity contribution is 5.92. The Bertz CT molecular complexity index is 1050. The SMILES string of the molecule is COc1cc(C)ccc1OCC(=O)Nc1ccc(-c2ccc(N3CCCCC3)nn2)cc1. The van der Waals surface area contributed by atoms with Crippen LogP contribution in [0.15, 0.2) is 54.6 Å². The molecule has 1 aromatic heterocycles. The van der Waals surface area contributed by atoms with Crippen molar-refractivity contribution in [2.75, 3.05) is 37.0 Å². The molecule has 7 nitrogen and oxygen atoms in total. The third-order valence-corrected chi connectivity index (χ3v) is 5.47. The van der Waals surface area contributed by atoms with Gasteiger partial charge in [0.25, 0.3) is 5.91 Å². The first-order valence-corrected chi connectivity index (χ1v) is 10.9. The average Bonchev–Trinajstić information content (AvgIpc) is 2.84. The Hall–Kier alpha value is -3.61. The molecule has 3 aromatic rings. The number of carbonyl (C=O) groups excluding carboxylic acids is 1. The van der Waals surface area contributed by atoms with Crippen LogP contribution in [0.3, 0.4) is 0 Å². The predicted octanol–water partition coefficient (Wildman–Crippen LogP) is 4.47. The van der Waals surface area contributed by atoms with E-state index in [0.717, 1.165) is 35.7 Å². The molecule has 166 valence electrons. The quantitative estimate of drug-likeness (QED) is 0.594. The summed E-state index contributed by atoms with van der Waals surface area (Å²) < 4.78 is 10.9. The summed E-state index contributed by atoms with van der Waals surface area (Å²) in [5.41, 5.74) is 3.50. The molecule has 1 aliphatic rings. The molecule has 7 heteroatoms. The van der Waals surface area contributed by atoms with Crippen molar-refractivity contribution in [3.05, 3.63) is 60.2 Å². The molecule has 0 unspecified atom stereocenters. The molecule has 1 aliphatic heterocycles. The normalized spacial score (nSPS) is 13.5. The van der Waals surface area contributed by atoms with Crippen LogP contribution in [0, 0.1) is 6.92 Å². The van der Waals surface area contributed by atoms with E-state index in [1.165, 1.54) is 19.3 Å². The summed E-state index contributed by atoms with van der Waals surface area (Å²) in [5, 5.41) is 11.6. The summed E-state index contributed by atoms with van der Waals surface area (Å²) >= 11 is 0. The maximum Gasteiger partial charge on any atom is 0.262 e. The first-order chi connectivity index (χ1) is 15.6. The van der Waals surface area contributed by atoms with Crippen molar-refractivity contribution in [3.8, 4) is 22.8 Å². The molecule has 0 radical (unpaired) electrons. The fourth-order valence-electron chi connectivity index (χ4n) is 3.73. The van der Waals surface area contributed by atoms with Crippen LogP contribution in [0.2, 0.25) is 0 Å². The number of amides is 1. The molecule has 1 saturated heterocycles. The second-order valence-corrected chi connectivity index (χ2v) is 7.89. The summed E-state index contributed by atoms with van der Waals surface area (Å²) in [6.07, 6.45) is 3.71. The molecule has 2 aromatic carbocycles. The van der Waals surface area contributed by atoms with E-state index in [0.29, 0.717) is 17.2 Å². The number of aryl methyl sites for hydroxylation is 1. The van der Waals surface area contributed by atoms with Gasteiger partial charge >= 0.3 is 0 Å². The number of nitrogens with zero attached hydrogens (tertiary/aromatic N) is 3. The lowest BCUT2D eigenvalue weighted by atomic mass is 10.1. The van der Waals surface area contributed by atoms with E-state index in [1.54, 1.807) is 13.2 Å². The first kappa shape index (κ1) is 21.6. The Morgan fingerprint density at radius 1 is 0.969 bits per heavy atom. The number of nitrogens with one attached hydrogen (secondary N) is 1. The lowest BCUT2D eigenvalue weighted by Gasteiger charge is -2.27. The third-order valence-electron chi connectivity index (χ3n) is 5.47. The number of aromatic nitrogens is 2. The minimum Gasteiger partial charge on any atom is -0.493 e. The lowest BCUT2D eigenvalue weighted by molar-refractivity contribution is -0.118. The number of piperidine rings is 1. The maximum absolute atomic E-state index is 12.3. The Balaban J connectivity index is 1.33. The highest BCUT2D eigenvalue weighted by Crippen LogP contribution is 2.28. The van der Waals surface area contributed by atoms with Crippen molar-refractivity contribution >= 4 is 17.4 Å². The fraction of sp³-hybridized carbons (Fsp3) is 0.320. The lowest BCUT2D eigenvalue weighted by Crippen LogP contribution is -2.30. The average molecular weight is 433 g/mol. The second kappa shape index (κ2) is 10.1. The highest BCUT2D eigenvalue weighted by atomic mass is 16.5. The van der Waals surface area contributed by atoms with Crippen molar-refractivity contribution in [1.29, 1.82) is 0 Å². The van der Waals surface area contributed by atoms with Crippen LogP contribution in [-0.4, -0.2) is 42.9 Å². The van der Waals surface area contributed by atoms with Crippen molar-refractivity contribution in [1.82, 2.24) is 10.2 Å². The summed E-state index contributed by atoms with van der Waals surface area (Å²) in [6.45, 7) is 3.95. The molecule has 1 N–H and O–H groups in total. The Labute approximate surface area is 188 Å². The van der Waals surface area contributed by atoms with Crippen LogP contribution >= 0.6 is 0 Å². The molecular formula is C25H28N4O3. The molecule has 0 spiro atoms. The zero-order chi connectivity index (χ0) is 22.3. The van der Waals surface area contributed by atoms with Gasteiger partial charge in [-0.2, -0.15) is 0 Å². The summed E-state index contributed by atoms with van der Waals surface area (Å²) in [4.78, 5) is 14.6. The highest BCUT2D eigenvalue weighted by Gasteiger charge is 2.13. The van der Waals surface area contributed by atoms with Crippen molar-refractivity contribution in [3.63, 3.8) is 0 Å². The van der Waals surface area contributed by atoms with Crippen LogP contribution in [0.4, 0.5) is 11.5 Å². The Morgan fingerprint density at radius 2 is 1.75 bits per heavy atom. The fourth-order valence-corrected chi connectivity index (χ4v) is 3.73. The molecular weight excluding hydrogens is 404 g/mol. The van der Waals surface area contributed by atoms with Crippen LogP contribution in [0.25, 0.3) is 11.3 Å². The number of anilines is 2. The minimum absolute atomic E-state index is 0.107. The van der Waals surface area contributed by atoms with E-state index < -0.39 is 0 Å². The van der Waals surface area contributed by atoms with Crippen LogP contribution < -0.4 is 19.7 Å². The van der Waals surface area contributed by atoms with E-state index in [9.17, 15) is 4.79 Å². The van der Waals surface area contributed by atoms with Gasteiger partial charge in [0, 0.05) is 24.3 Å². The Morgan fingerprint density at radius 3 is 2.44 bits per heavy atom. The van der Waals surface area contributed by atoms with E-state index in [-0.39, 0.29) is 12.5 Å². The number of methoxy groups -OCH3 is 1. The van der Waals surface area contributed by atoms with Gasteiger partial charge in [0.2, 0.25) is 0 Å². The smallest absolute Gasteiger partial charge is 0.262 e. The topological polar surface area (TPSA) is 76.6 Å². The van der Waals surface area contributed by atoms with Gasteiger partial charge in [0.15, 0.2) is 23.9 Å². The van der Waals surface area contributed by atoms with Crippen LogP contribution in [0.5, 0.6) is 11.5 Å². The number of hydrogen-bond donors (Lipinski definition) is 1. The predicted molar refractivity (Wildman–Crippen MR) is 125 cm³/mol. The van der Waals surface area contributed by atoms with Crippen LogP contribution in [0.1, 0.15) is 24.8 Å². The number of hydrogen-bond acceptors (Lipinski definition) is 6. The zero-order valence-electron chi connectivity index (χ0n) is 18.5. The molecule has 32 heavy (non-hydrogen) atoms. The van der Waals surface area contributed by atoms with Crippen molar-refractivity contribution in [2.24, 2.45) is 0 Å². The molecule has 0 aliphatic carbocycles. The summed E-state index contributed by atoms with van der Waals surface area (Å²) in [5.74, 6) is 1.83. The molecule has 0 saturated carbocycles. The number of rotatable bonds is 7. The molecule has 4 rings (SSSR count). The van der Waals surface area contributed by atoms with Gasteiger partial charge in [-0.15, -0.1) is 10.2 Å². The van der Waals surface area contributed by atoms with Gasteiger partial charge < -0.3 is 19.7 Å². The number of ether oxygens (including phenoxy) is 2. The van der Waals surface area contributed by atoms with Gasteiger partial charge in [-0.3, -0.25) is 4.79 Å². The largest absolute Gasteiger partial charge is 0.493 e. The third kappa shape index (κ3) is 5.35. The van der Waals surface area contributed by atoms with Gasteiger partial charge in [0.05, 0.1) is 12.8 Å². The molecule has 0 atom stereocenters. The van der Waals surface area contributed by atoms with Gasteiger partial charge in [-0.1, -0.05) is 18.2 Å². The number of carbonyl (C=O) groups is 1. The zero-order valence-corrected chi connectivity index (χ0v) is 18.5. The van der Waals surface area contributed by atoms with Gasteiger partial charge in [-0.25, -0.2) is 0 Å². The van der Waals surface area contributed by atoms with Gasteiger partial charge in [0.1, 0.15) is 0 Å². The molecule has 1 amide bonds. The van der Waals surface area contributed by atoms with E-state index in [2.05, 4.69) is 20.4 Å². The van der Waals surface area contributed by atoms with Crippen LogP contribution in [-0.2, 0) is 4.79 Å². The van der Waals surface area contributed by atoms with E-state index in [1.807, 2.05) is 55.5 Å². The standard InChI is InChI=1S/C25H28N4O3/c1-18-6-12-22(23(16-18)31-2)32-17-25(30)26-20-9-7-19(8-10-20)21-11-13-24(28-27-21)29-14-4-3-5-15-29/h6-13,16H,3-5,14-15,17H2,1-2H3,(H,26,30).